The lowest BCUT2D eigenvalue weighted by atomic mass is 10.9. The minimum Gasteiger partial charge on any atom is -0.628 e. The van der Waals surface area contributed by atoms with Gasteiger partial charge >= 0.3 is 16.6 Å². The van der Waals surface area contributed by atoms with Crippen molar-refractivity contribution in [2.24, 2.45) is 0 Å². The van der Waals surface area contributed by atoms with Gasteiger partial charge in [0.15, 0.2) is 0 Å². The summed E-state index contributed by atoms with van der Waals surface area (Å²) in [7, 11) is 0. The first-order chi connectivity index (χ1) is 2.27. The van der Waals surface area contributed by atoms with E-state index in [1.165, 1.54) is 6.92 Å². The lowest BCUT2D eigenvalue weighted by Gasteiger charge is -1.85. The van der Waals surface area contributed by atoms with E-state index in [-0.39, 0.29) is 16.9 Å². The maximum Gasteiger partial charge on any atom is 0.484 e. The van der Waals surface area contributed by atoms with Gasteiger partial charge in [0, 0.05) is 6.92 Å². The summed E-state index contributed by atoms with van der Waals surface area (Å²) < 4.78 is 4.03. The molecular weight excluding hydrogens is 115 g/mol. The highest BCUT2D eigenvalue weighted by Crippen LogP contribution is 1.58. The van der Waals surface area contributed by atoms with Crippen LogP contribution in [-0.2, 0) is 8.58 Å². The van der Waals surface area contributed by atoms with Crippen molar-refractivity contribution < 1.29 is 19.5 Å². The second kappa shape index (κ2) is 9.33. The third-order valence-electron chi connectivity index (χ3n) is 0.166. The van der Waals surface area contributed by atoms with Crippen LogP contribution in [0.3, 0.4) is 0 Å². The largest absolute Gasteiger partial charge is 0.628 e. The molecule has 0 spiro atoms. The van der Waals surface area contributed by atoms with E-state index in [4.69, 9.17) is 0 Å². The molecule has 0 atom stereocenters. The van der Waals surface area contributed by atoms with Crippen LogP contribution in [0.1, 0.15) is 6.92 Å². The van der Waals surface area contributed by atoms with Crippen LogP contribution in [-0.4, -0.2) is 33.5 Å². The Morgan fingerprint density at radius 2 is 1.71 bits per heavy atom. The standard InChI is InChI=1S/C2H4O2.Al.2H2O/c1-2(3)4;;;/h1H3,(H,3,4);;2*1H2/q;+1;;/p-1. The van der Waals surface area contributed by atoms with Gasteiger partial charge in [-0.15, -0.1) is 0 Å². The molecule has 0 unspecified atom stereocenters. The van der Waals surface area contributed by atoms with Crippen molar-refractivity contribution in [3.8, 4) is 0 Å². The molecule has 0 aromatic heterocycles. The maximum absolute atomic E-state index is 9.57. The van der Waals surface area contributed by atoms with Crippen molar-refractivity contribution in [1.82, 2.24) is 0 Å². The van der Waals surface area contributed by atoms with Crippen molar-refractivity contribution in [1.29, 1.82) is 0 Å². The average molecular weight is 122 g/mol. The first-order valence-corrected chi connectivity index (χ1v) is 1.62. The molecule has 4 N–H and O–H groups in total. The predicted octanol–water partition coefficient (Wildman–Crippen LogP) is -2.02. The number of carbonyl (C=O) groups excluding carboxylic acids is 1. The third kappa shape index (κ3) is 24.7. The van der Waals surface area contributed by atoms with Crippen LogP contribution >= 0.6 is 0 Å². The Morgan fingerprint density at radius 3 is 1.71 bits per heavy atom. The zero-order valence-electron chi connectivity index (χ0n) is 3.89. The van der Waals surface area contributed by atoms with Gasteiger partial charge in [0.05, 0.1) is 0 Å². The average Bonchev–Trinajstić information content (AvgIpc) is 1.38. The van der Waals surface area contributed by atoms with E-state index in [1.807, 2.05) is 16.6 Å². The summed E-state index contributed by atoms with van der Waals surface area (Å²) in [5.74, 6) is -0.282. The molecule has 0 aromatic rings. The van der Waals surface area contributed by atoms with Gasteiger partial charge in [-0.05, 0) is 0 Å². The topological polar surface area (TPSA) is 89.3 Å². The lowest BCUT2D eigenvalue weighted by molar-refractivity contribution is -0.131. The van der Waals surface area contributed by atoms with Gasteiger partial charge < -0.3 is 14.7 Å². The number of hydrogen-bond acceptors (Lipinski definition) is 2. The Morgan fingerprint density at radius 1 is 1.57 bits per heavy atom. The smallest absolute Gasteiger partial charge is 0.484 e. The van der Waals surface area contributed by atoms with Gasteiger partial charge in [0.1, 0.15) is 0 Å². The van der Waals surface area contributed by atoms with E-state index in [9.17, 15) is 4.79 Å². The summed E-state index contributed by atoms with van der Waals surface area (Å²) >= 11 is 1.84. The van der Waals surface area contributed by atoms with Gasteiger partial charge in [-0.25, -0.2) is 0 Å². The second-order valence-electron chi connectivity index (χ2n) is 0.609. The van der Waals surface area contributed by atoms with E-state index in [0.29, 0.717) is 0 Å². The molecule has 0 aliphatic carbocycles. The van der Waals surface area contributed by atoms with Crippen LogP contribution in [0.2, 0.25) is 0 Å². The highest BCUT2D eigenvalue weighted by atomic mass is 27.1. The molecule has 0 amide bonds. The third-order valence-corrected chi connectivity index (χ3v) is 0.498. The molecule has 0 aliphatic heterocycles. The Kier molecular flexibility index (Phi) is 21.0. The molecule has 0 aliphatic rings. The molecule has 42 valence electrons. The normalized spacial score (nSPS) is 4.71. The fraction of sp³-hybridized carbons (Fsp3) is 0.500. The van der Waals surface area contributed by atoms with Gasteiger partial charge in [0.2, 0.25) is 0 Å². The summed E-state index contributed by atoms with van der Waals surface area (Å²) in [4.78, 5) is 9.57. The molecule has 4 nitrogen and oxygen atoms in total. The molecule has 7 heavy (non-hydrogen) atoms. The zero-order chi connectivity index (χ0) is 4.28. The second-order valence-corrected chi connectivity index (χ2v) is 0.845. The Hall–Kier alpha value is -0.0775. The van der Waals surface area contributed by atoms with Crippen LogP contribution in [0.4, 0.5) is 0 Å². The molecule has 0 heterocycles. The van der Waals surface area contributed by atoms with Gasteiger partial charge in [0.25, 0.3) is 5.97 Å². The van der Waals surface area contributed by atoms with E-state index in [1.54, 1.807) is 0 Å². The van der Waals surface area contributed by atoms with E-state index < -0.39 is 0 Å². The molecule has 0 fully saturated rings. The fourth-order valence-corrected chi connectivity index (χ4v) is 0. The lowest BCUT2D eigenvalue weighted by Crippen LogP contribution is -1.90. The van der Waals surface area contributed by atoms with Crippen LogP contribution in [0, 0.1) is 0 Å². The van der Waals surface area contributed by atoms with Crippen molar-refractivity contribution in [3.63, 3.8) is 0 Å². The molecule has 5 heteroatoms. The van der Waals surface area contributed by atoms with E-state index >= 15 is 0 Å². The number of carbonyl (C=O) groups is 1. The Balaban J connectivity index is -0.0000000800. The van der Waals surface area contributed by atoms with Crippen molar-refractivity contribution in [2.75, 3.05) is 0 Å². The van der Waals surface area contributed by atoms with Crippen molar-refractivity contribution >= 4 is 22.6 Å². The monoisotopic (exact) mass is 122 g/mol. The minimum atomic E-state index is -0.282. The molecule has 2 radical (unpaired) electrons. The van der Waals surface area contributed by atoms with Crippen molar-refractivity contribution in [3.05, 3.63) is 0 Å². The van der Waals surface area contributed by atoms with Crippen LogP contribution in [0.5, 0.6) is 0 Å². The first-order valence-electron chi connectivity index (χ1n) is 1.14. The SMILES string of the molecule is CC(=O)[O][Al].O.O. The fourth-order valence-electron chi connectivity index (χ4n) is 0. The summed E-state index contributed by atoms with van der Waals surface area (Å²) in [5.41, 5.74) is 0. The van der Waals surface area contributed by atoms with Crippen LogP contribution in [0.25, 0.3) is 0 Å². The highest BCUT2D eigenvalue weighted by molar-refractivity contribution is 6.04. The summed E-state index contributed by atoms with van der Waals surface area (Å²) in [5, 5.41) is 0. The molecule has 0 bridgehead atoms. The quantitative estimate of drug-likeness (QED) is 0.347. The highest BCUT2D eigenvalue weighted by Gasteiger charge is 1.74. The molecule has 0 saturated carbocycles. The zero-order valence-corrected chi connectivity index (χ0v) is 5.05. The maximum atomic E-state index is 9.57. The summed E-state index contributed by atoms with van der Waals surface area (Å²) in [6.07, 6.45) is 0. The molecule has 0 aromatic carbocycles. The van der Waals surface area contributed by atoms with E-state index in [0.717, 1.165) is 0 Å². The number of rotatable bonds is 0. The van der Waals surface area contributed by atoms with Crippen LogP contribution < -0.4 is 0 Å². The van der Waals surface area contributed by atoms with Crippen LogP contribution in [0.15, 0.2) is 0 Å². The van der Waals surface area contributed by atoms with Gasteiger partial charge in [-0.3, -0.25) is 4.79 Å². The summed E-state index contributed by atoms with van der Waals surface area (Å²) in [6, 6.07) is 0. The van der Waals surface area contributed by atoms with Crippen molar-refractivity contribution in [2.45, 2.75) is 6.92 Å². The minimum absolute atomic E-state index is 0. The molecular formula is C2H7AlO4. The van der Waals surface area contributed by atoms with Gasteiger partial charge in [-0.2, -0.15) is 0 Å². The first kappa shape index (κ1) is 15.8. The van der Waals surface area contributed by atoms with E-state index in [2.05, 4.69) is 3.79 Å². The Labute approximate surface area is 49.8 Å². The van der Waals surface area contributed by atoms with Gasteiger partial charge in [-0.1, -0.05) is 0 Å². The number of hydrogen-bond donors (Lipinski definition) is 0. The predicted molar refractivity (Wildman–Crippen MR) is 24.7 cm³/mol. The molecule has 0 rings (SSSR count). The Bertz CT molecular complexity index is 45.0. The molecule has 0 saturated heterocycles. The summed E-state index contributed by atoms with van der Waals surface area (Å²) in [6.45, 7) is 1.34.